The first-order chi connectivity index (χ1) is 13.1. The lowest BCUT2D eigenvalue weighted by molar-refractivity contribution is 0.0482. The van der Waals surface area contributed by atoms with Gasteiger partial charge in [0.1, 0.15) is 17.0 Å². The van der Waals surface area contributed by atoms with Gasteiger partial charge in [-0.3, -0.25) is 0 Å². The molecule has 4 N–H and O–H groups in total. The van der Waals surface area contributed by atoms with E-state index in [9.17, 15) is 8.42 Å². The number of nitrogens with zero attached hydrogens (tertiary/aromatic N) is 3. The van der Waals surface area contributed by atoms with Crippen LogP contribution in [0.1, 0.15) is 26.5 Å². The highest BCUT2D eigenvalue weighted by molar-refractivity contribution is 7.91. The molecule has 0 amide bonds. The molecule has 154 valence electrons. The molecular weight excluding hydrogens is 384 g/mol. The summed E-state index contributed by atoms with van der Waals surface area (Å²) in [5.41, 5.74) is 6.06. The van der Waals surface area contributed by atoms with Crippen molar-refractivity contribution in [3.05, 3.63) is 17.6 Å². The number of hydrogen-bond acceptors (Lipinski definition) is 10. The van der Waals surface area contributed by atoms with E-state index in [0.29, 0.717) is 31.4 Å². The van der Waals surface area contributed by atoms with Crippen LogP contribution in [0.3, 0.4) is 0 Å². The minimum atomic E-state index is -3.51. The van der Waals surface area contributed by atoms with Gasteiger partial charge in [0.25, 0.3) is 0 Å². The lowest BCUT2D eigenvalue weighted by atomic mass is 10.0. The molecule has 2 aliphatic rings. The van der Waals surface area contributed by atoms with E-state index in [1.54, 1.807) is 13.8 Å². The number of morpholine rings is 1. The Labute approximate surface area is 164 Å². The monoisotopic (exact) mass is 410 g/mol. The van der Waals surface area contributed by atoms with E-state index in [2.05, 4.69) is 20.2 Å². The van der Waals surface area contributed by atoms with Crippen LogP contribution < -0.4 is 20.7 Å². The van der Waals surface area contributed by atoms with Crippen molar-refractivity contribution in [1.82, 2.24) is 9.97 Å². The average Bonchev–Trinajstić information content (AvgIpc) is 2.64. The zero-order valence-electron chi connectivity index (χ0n) is 16.4. The summed E-state index contributed by atoms with van der Waals surface area (Å²) >= 11 is 0. The fourth-order valence-electron chi connectivity index (χ4n) is 3.23. The van der Waals surface area contributed by atoms with Crippen molar-refractivity contribution in [3.63, 3.8) is 0 Å². The standard InChI is InChI=1S/C17H26N6O4S/c1-10-7-26-8-12-9-27-13-14(17(2,3)28(4,24)25)21-16(20-11(5-18)6-19)22-15(13)23(10)12/h5-6,10,12,18H,7-9,19H2,1-4H3,(H,20,21,22)/b11-6+,18-5?/t10-,12+/m1/s1. The van der Waals surface area contributed by atoms with E-state index in [4.69, 9.17) is 20.6 Å². The molecule has 3 rings (SSSR count). The highest BCUT2D eigenvalue weighted by Gasteiger charge is 2.43. The van der Waals surface area contributed by atoms with Crippen LogP contribution in [0.15, 0.2) is 11.9 Å². The van der Waals surface area contributed by atoms with E-state index >= 15 is 0 Å². The van der Waals surface area contributed by atoms with Crippen molar-refractivity contribution in [1.29, 1.82) is 5.41 Å². The van der Waals surface area contributed by atoms with Crippen LogP contribution in [-0.4, -0.2) is 62.8 Å². The van der Waals surface area contributed by atoms with Gasteiger partial charge in [0, 0.05) is 18.7 Å². The van der Waals surface area contributed by atoms with Gasteiger partial charge >= 0.3 is 0 Å². The number of nitrogens with one attached hydrogen (secondary N) is 2. The average molecular weight is 411 g/mol. The van der Waals surface area contributed by atoms with Gasteiger partial charge < -0.3 is 30.8 Å². The van der Waals surface area contributed by atoms with Crippen LogP contribution in [0.4, 0.5) is 11.8 Å². The third-order valence-electron chi connectivity index (χ3n) is 5.14. The Morgan fingerprint density at radius 2 is 2.07 bits per heavy atom. The maximum atomic E-state index is 12.5. The molecule has 1 aromatic rings. The van der Waals surface area contributed by atoms with Crippen molar-refractivity contribution in [2.24, 2.45) is 5.73 Å². The molecule has 0 unspecified atom stereocenters. The molecule has 11 heteroatoms. The zero-order valence-corrected chi connectivity index (χ0v) is 17.2. The van der Waals surface area contributed by atoms with Gasteiger partial charge in [0.15, 0.2) is 21.4 Å². The number of fused-ring (bicyclic) bond motifs is 3. The zero-order chi connectivity index (χ0) is 20.7. The number of nitrogens with two attached hydrogens (primary N) is 1. The van der Waals surface area contributed by atoms with Crippen LogP contribution >= 0.6 is 0 Å². The topological polar surface area (TPSA) is 144 Å². The Hall–Kier alpha value is -2.40. The number of aromatic nitrogens is 2. The molecule has 1 saturated heterocycles. The molecule has 0 aromatic carbocycles. The molecular formula is C17H26N6O4S. The minimum Gasteiger partial charge on any atom is -0.486 e. The Morgan fingerprint density at radius 3 is 2.68 bits per heavy atom. The first-order valence-corrected chi connectivity index (χ1v) is 10.8. The van der Waals surface area contributed by atoms with Gasteiger partial charge in [-0.15, -0.1) is 0 Å². The van der Waals surface area contributed by atoms with Gasteiger partial charge in [-0.2, -0.15) is 4.98 Å². The second-order valence-electron chi connectivity index (χ2n) is 7.48. The molecule has 2 aliphatic heterocycles. The smallest absolute Gasteiger partial charge is 0.229 e. The van der Waals surface area contributed by atoms with Gasteiger partial charge in [-0.1, -0.05) is 0 Å². The maximum absolute atomic E-state index is 12.5. The van der Waals surface area contributed by atoms with Crippen LogP contribution in [-0.2, 0) is 19.3 Å². The number of ether oxygens (including phenoxy) is 2. The van der Waals surface area contributed by atoms with Crippen molar-refractivity contribution >= 4 is 27.8 Å². The summed E-state index contributed by atoms with van der Waals surface area (Å²) in [6, 6.07) is 0.00561. The molecule has 1 fully saturated rings. The van der Waals surface area contributed by atoms with Crippen LogP contribution in [0.5, 0.6) is 5.75 Å². The molecule has 0 aliphatic carbocycles. The van der Waals surface area contributed by atoms with Crippen molar-refractivity contribution in [3.8, 4) is 5.75 Å². The maximum Gasteiger partial charge on any atom is 0.229 e. The third-order valence-corrected chi connectivity index (χ3v) is 7.19. The van der Waals surface area contributed by atoms with E-state index in [1.807, 2.05) is 6.92 Å². The van der Waals surface area contributed by atoms with Gasteiger partial charge in [0.2, 0.25) is 5.95 Å². The molecule has 0 bridgehead atoms. The summed E-state index contributed by atoms with van der Waals surface area (Å²) in [6.45, 7) is 6.57. The van der Waals surface area contributed by atoms with Crippen LogP contribution in [0.2, 0.25) is 0 Å². The second kappa shape index (κ2) is 7.21. The largest absolute Gasteiger partial charge is 0.486 e. The first kappa shape index (κ1) is 20.3. The molecule has 28 heavy (non-hydrogen) atoms. The molecule has 3 heterocycles. The summed E-state index contributed by atoms with van der Waals surface area (Å²) < 4.78 is 35.2. The third kappa shape index (κ3) is 3.39. The van der Waals surface area contributed by atoms with Crippen LogP contribution in [0, 0.1) is 5.41 Å². The van der Waals surface area contributed by atoms with E-state index in [1.165, 1.54) is 12.5 Å². The lowest BCUT2D eigenvalue weighted by Crippen LogP contribution is -2.56. The normalized spacial score (nSPS) is 22.7. The predicted octanol–water partition coefficient (Wildman–Crippen LogP) is 0.604. The summed E-state index contributed by atoms with van der Waals surface area (Å²) in [4.78, 5) is 11.1. The molecule has 0 saturated carbocycles. The molecule has 1 aromatic heterocycles. The Morgan fingerprint density at radius 1 is 1.36 bits per heavy atom. The first-order valence-electron chi connectivity index (χ1n) is 8.90. The molecule has 10 nitrogen and oxygen atoms in total. The summed E-state index contributed by atoms with van der Waals surface area (Å²) in [5.74, 6) is 1.02. The number of hydrogen-bond donors (Lipinski definition) is 3. The number of anilines is 2. The van der Waals surface area contributed by atoms with Crippen LogP contribution in [0.25, 0.3) is 0 Å². The van der Waals surface area contributed by atoms with E-state index in [-0.39, 0.29) is 29.4 Å². The summed E-state index contributed by atoms with van der Waals surface area (Å²) in [6.07, 6.45) is 3.41. The Kier molecular flexibility index (Phi) is 5.24. The second-order valence-corrected chi connectivity index (χ2v) is 10.0. The SMILES string of the molecule is C[C@@H]1COC[C@H]2COc3c(nc(N/C(C=N)=C/N)nc3C(C)(C)S(C)(=O)=O)N21. The summed E-state index contributed by atoms with van der Waals surface area (Å²) in [5, 5.41) is 10.3. The highest BCUT2D eigenvalue weighted by Crippen LogP contribution is 2.44. The van der Waals surface area contributed by atoms with E-state index < -0.39 is 14.6 Å². The minimum absolute atomic E-state index is 0.0274. The van der Waals surface area contributed by atoms with Crippen molar-refractivity contribution in [2.75, 3.05) is 36.3 Å². The Balaban J connectivity index is 2.22. The number of sulfone groups is 1. The highest BCUT2D eigenvalue weighted by atomic mass is 32.2. The van der Waals surface area contributed by atoms with Crippen molar-refractivity contribution in [2.45, 2.75) is 37.6 Å². The quantitative estimate of drug-likeness (QED) is 0.594. The summed E-state index contributed by atoms with van der Waals surface area (Å²) in [7, 11) is -3.51. The fourth-order valence-corrected chi connectivity index (χ4v) is 3.72. The number of allylic oxidation sites excluding steroid dienone is 1. The van der Waals surface area contributed by atoms with Gasteiger partial charge in [-0.25, -0.2) is 13.4 Å². The molecule has 0 radical (unpaired) electrons. The number of rotatable bonds is 5. The van der Waals surface area contributed by atoms with E-state index in [0.717, 1.165) is 6.21 Å². The van der Waals surface area contributed by atoms with Gasteiger partial charge in [0.05, 0.1) is 31.0 Å². The molecule has 2 atom stereocenters. The van der Waals surface area contributed by atoms with Crippen molar-refractivity contribution < 1.29 is 17.9 Å². The predicted molar refractivity (Wildman–Crippen MR) is 107 cm³/mol. The lowest BCUT2D eigenvalue weighted by Gasteiger charge is -2.45. The fraction of sp³-hybridized carbons (Fsp3) is 0.588. The van der Waals surface area contributed by atoms with Gasteiger partial charge in [-0.05, 0) is 20.8 Å². The molecule has 0 spiro atoms. The Bertz CT molecular complexity index is 914.